The molecule has 9 nitrogen and oxygen atoms in total. The first-order valence-corrected chi connectivity index (χ1v) is 14.7. The van der Waals surface area contributed by atoms with Gasteiger partial charge in [-0.2, -0.15) is 13.2 Å². The summed E-state index contributed by atoms with van der Waals surface area (Å²) in [5.41, 5.74) is 1.99. The van der Waals surface area contributed by atoms with E-state index in [9.17, 15) is 18.0 Å². The lowest BCUT2D eigenvalue weighted by Crippen LogP contribution is -2.54. The number of amides is 1. The summed E-state index contributed by atoms with van der Waals surface area (Å²) in [5, 5.41) is 3.28. The molecule has 6 heterocycles. The minimum Gasteiger partial charge on any atom is -0.481 e. The fraction of sp³-hybridized carbons (Fsp3) is 0.484. The molecule has 2 saturated heterocycles. The molecule has 1 N–H and O–H groups in total. The highest BCUT2D eigenvalue weighted by Crippen LogP contribution is 2.45. The summed E-state index contributed by atoms with van der Waals surface area (Å²) < 4.78 is 52.7. The second-order valence-electron chi connectivity index (χ2n) is 11.4. The van der Waals surface area contributed by atoms with Gasteiger partial charge in [-0.25, -0.2) is 9.97 Å². The van der Waals surface area contributed by atoms with Crippen LogP contribution in [0.15, 0.2) is 42.6 Å². The van der Waals surface area contributed by atoms with Gasteiger partial charge in [-0.05, 0) is 62.6 Å². The summed E-state index contributed by atoms with van der Waals surface area (Å²) in [6, 6.07) is 10.7. The summed E-state index contributed by atoms with van der Waals surface area (Å²) >= 11 is 0. The molecule has 0 radical (unpaired) electrons. The van der Waals surface area contributed by atoms with Crippen molar-refractivity contribution in [3.8, 4) is 23.0 Å². The zero-order valence-electron chi connectivity index (χ0n) is 24.3. The van der Waals surface area contributed by atoms with Crippen molar-refractivity contribution in [3.63, 3.8) is 0 Å². The van der Waals surface area contributed by atoms with Crippen molar-refractivity contribution in [2.75, 3.05) is 51.3 Å². The number of hydrogen-bond donors (Lipinski definition) is 1. The quantitative estimate of drug-likeness (QED) is 0.446. The van der Waals surface area contributed by atoms with E-state index in [0.717, 1.165) is 29.8 Å². The number of methoxy groups -OCH3 is 1. The molecular formula is C31H35F3N6O3. The Kier molecular flexibility index (Phi) is 7.89. The van der Waals surface area contributed by atoms with Crippen molar-refractivity contribution in [1.82, 2.24) is 25.2 Å². The van der Waals surface area contributed by atoms with E-state index in [0.29, 0.717) is 63.7 Å². The second kappa shape index (κ2) is 11.6. The van der Waals surface area contributed by atoms with Crippen LogP contribution in [0.5, 0.6) is 11.8 Å². The second-order valence-corrected chi connectivity index (χ2v) is 11.4. The van der Waals surface area contributed by atoms with Gasteiger partial charge in [0, 0.05) is 43.9 Å². The number of piperidine rings is 1. The number of hydrogen-bond acceptors (Lipinski definition) is 8. The van der Waals surface area contributed by atoms with Crippen LogP contribution in [0, 0.1) is 5.92 Å². The Morgan fingerprint density at radius 3 is 2.65 bits per heavy atom. The third kappa shape index (κ3) is 5.60. The first-order chi connectivity index (χ1) is 20.7. The first kappa shape index (κ1) is 29.2. The SMILES string of the molecule is CCOc1ncccc1-c1ccc2c(n1)CN(C(=O)[C@H]1CCNC1)CC21CCN(c2ccc(OC)nc2C(F)(F)F)CC1. The van der Waals surface area contributed by atoms with Gasteiger partial charge >= 0.3 is 6.18 Å². The van der Waals surface area contributed by atoms with E-state index < -0.39 is 17.3 Å². The molecule has 0 unspecified atom stereocenters. The van der Waals surface area contributed by atoms with Crippen molar-refractivity contribution in [3.05, 3.63) is 59.5 Å². The van der Waals surface area contributed by atoms with Crippen LogP contribution in [-0.2, 0) is 22.9 Å². The van der Waals surface area contributed by atoms with Gasteiger partial charge in [-0.15, -0.1) is 0 Å². The van der Waals surface area contributed by atoms with Gasteiger partial charge in [0.25, 0.3) is 0 Å². The van der Waals surface area contributed by atoms with E-state index in [1.165, 1.54) is 19.2 Å². The molecule has 2 fully saturated rings. The molecule has 0 saturated carbocycles. The number of alkyl halides is 3. The number of rotatable bonds is 6. The number of ether oxygens (including phenoxy) is 2. The maximum absolute atomic E-state index is 14.0. The highest BCUT2D eigenvalue weighted by molar-refractivity contribution is 5.80. The van der Waals surface area contributed by atoms with E-state index in [1.54, 1.807) is 11.1 Å². The standard InChI is InChI=1S/C31H35F3N6O3/c1-3-43-28-21(5-4-13-36-28)23-7-6-22-24(37-23)18-40(29(41)20-10-14-35-17-20)19-30(22)11-15-39(16-12-30)25-8-9-26(42-2)38-27(25)31(32,33)34/h4-9,13,20,35H,3,10-12,14-19H2,1-2H3/t20-/m0/s1. The monoisotopic (exact) mass is 596 g/mol. The zero-order chi connectivity index (χ0) is 30.2. The number of aromatic nitrogens is 3. The number of nitrogens with zero attached hydrogens (tertiary/aromatic N) is 5. The predicted molar refractivity (Wildman–Crippen MR) is 154 cm³/mol. The number of pyridine rings is 3. The van der Waals surface area contributed by atoms with Crippen molar-refractivity contribution < 1.29 is 27.4 Å². The van der Waals surface area contributed by atoms with Crippen molar-refractivity contribution >= 4 is 11.6 Å². The number of carbonyl (C=O) groups is 1. The average molecular weight is 597 g/mol. The zero-order valence-corrected chi connectivity index (χ0v) is 24.3. The molecule has 6 rings (SSSR count). The molecule has 228 valence electrons. The number of nitrogens with one attached hydrogen (secondary N) is 1. The minimum atomic E-state index is -4.62. The summed E-state index contributed by atoms with van der Waals surface area (Å²) in [6.45, 7) is 5.46. The van der Waals surface area contributed by atoms with Gasteiger partial charge in [-0.3, -0.25) is 9.78 Å². The molecule has 1 amide bonds. The largest absolute Gasteiger partial charge is 0.481 e. The van der Waals surface area contributed by atoms with Gasteiger partial charge < -0.3 is 24.6 Å². The molecular weight excluding hydrogens is 561 g/mol. The molecule has 3 aromatic rings. The number of fused-ring (bicyclic) bond motifs is 2. The normalized spacial score (nSPS) is 19.8. The van der Waals surface area contributed by atoms with E-state index in [1.807, 2.05) is 30.0 Å². The fourth-order valence-electron chi connectivity index (χ4n) is 6.67. The van der Waals surface area contributed by atoms with Crippen LogP contribution >= 0.6 is 0 Å². The number of carbonyl (C=O) groups excluding carboxylic acids is 1. The Labute approximate surface area is 248 Å². The van der Waals surface area contributed by atoms with Gasteiger partial charge in [0.1, 0.15) is 0 Å². The summed E-state index contributed by atoms with van der Waals surface area (Å²) in [6.07, 6.45) is -1.03. The van der Waals surface area contributed by atoms with Crippen LogP contribution in [0.2, 0.25) is 0 Å². The van der Waals surface area contributed by atoms with Crippen LogP contribution in [-0.4, -0.2) is 72.2 Å². The number of anilines is 1. The van der Waals surface area contributed by atoms with Crippen molar-refractivity contribution in [2.45, 2.75) is 44.3 Å². The van der Waals surface area contributed by atoms with Gasteiger partial charge in [0.15, 0.2) is 5.69 Å². The molecule has 12 heteroatoms. The Morgan fingerprint density at radius 2 is 1.95 bits per heavy atom. The van der Waals surface area contributed by atoms with Crippen molar-refractivity contribution in [2.24, 2.45) is 5.92 Å². The number of halogens is 3. The van der Waals surface area contributed by atoms with Gasteiger partial charge in [-0.1, -0.05) is 6.07 Å². The van der Waals surface area contributed by atoms with E-state index in [-0.39, 0.29) is 23.4 Å². The highest BCUT2D eigenvalue weighted by atomic mass is 19.4. The maximum atomic E-state index is 14.0. The lowest BCUT2D eigenvalue weighted by Gasteiger charge is -2.49. The molecule has 43 heavy (non-hydrogen) atoms. The Bertz CT molecular complexity index is 1490. The summed E-state index contributed by atoms with van der Waals surface area (Å²) in [7, 11) is 1.30. The maximum Gasteiger partial charge on any atom is 0.435 e. The van der Waals surface area contributed by atoms with Gasteiger partial charge in [0.05, 0.1) is 48.8 Å². The van der Waals surface area contributed by atoms with E-state index >= 15 is 0 Å². The average Bonchev–Trinajstić information content (AvgIpc) is 3.56. The smallest absolute Gasteiger partial charge is 0.435 e. The molecule has 1 atom stereocenters. The van der Waals surface area contributed by atoms with Crippen LogP contribution < -0.4 is 19.7 Å². The van der Waals surface area contributed by atoms with Crippen LogP contribution in [0.3, 0.4) is 0 Å². The topological polar surface area (TPSA) is 92.7 Å². The molecule has 0 aliphatic carbocycles. The molecule has 0 bridgehead atoms. The lowest BCUT2D eigenvalue weighted by molar-refractivity contribution is -0.141. The first-order valence-electron chi connectivity index (χ1n) is 14.7. The van der Waals surface area contributed by atoms with Crippen molar-refractivity contribution in [1.29, 1.82) is 0 Å². The third-order valence-electron chi connectivity index (χ3n) is 8.82. The minimum absolute atomic E-state index is 0.0395. The predicted octanol–water partition coefficient (Wildman–Crippen LogP) is 4.45. The third-order valence-corrected chi connectivity index (χ3v) is 8.82. The molecule has 3 aliphatic rings. The van der Waals surface area contributed by atoms with Gasteiger partial charge in [0.2, 0.25) is 17.7 Å². The Hall–Kier alpha value is -3.93. The molecule has 1 spiro atoms. The molecule has 0 aromatic carbocycles. The fourth-order valence-corrected chi connectivity index (χ4v) is 6.67. The Balaban J connectivity index is 1.35. The highest BCUT2D eigenvalue weighted by Gasteiger charge is 2.46. The van der Waals surface area contributed by atoms with E-state index in [2.05, 4.69) is 21.4 Å². The Morgan fingerprint density at radius 1 is 1.14 bits per heavy atom. The van der Waals surface area contributed by atoms with Crippen LogP contribution in [0.4, 0.5) is 18.9 Å². The van der Waals surface area contributed by atoms with Crippen LogP contribution in [0.1, 0.15) is 43.1 Å². The summed E-state index contributed by atoms with van der Waals surface area (Å²) in [5.74, 6) is 0.420. The molecule has 3 aromatic heterocycles. The molecule has 3 aliphatic heterocycles. The summed E-state index contributed by atoms with van der Waals surface area (Å²) in [4.78, 5) is 30.5. The van der Waals surface area contributed by atoms with E-state index in [4.69, 9.17) is 14.5 Å². The van der Waals surface area contributed by atoms with Crippen LogP contribution in [0.25, 0.3) is 11.3 Å². The lowest BCUT2D eigenvalue weighted by atomic mass is 9.69.